The second kappa shape index (κ2) is 25.4. The minimum atomic E-state index is -1.14. The van der Waals surface area contributed by atoms with Crippen LogP contribution in [0.2, 0.25) is 0 Å². The summed E-state index contributed by atoms with van der Waals surface area (Å²) in [5.41, 5.74) is 8.85. The van der Waals surface area contributed by atoms with Crippen molar-refractivity contribution >= 4 is 64.0 Å². The van der Waals surface area contributed by atoms with Crippen molar-refractivity contribution in [1.29, 1.82) is 0 Å². The molecule has 0 fully saturated rings. The third-order valence-corrected chi connectivity index (χ3v) is 12.5. The molecule has 0 saturated heterocycles. The van der Waals surface area contributed by atoms with Gasteiger partial charge in [0.1, 0.15) is 12.2 Å². The molecule has 0 spiro atoms. The maximum Gasteiger partial charge on any atom is 0.269 e. The summed E-state index contributed by atoms with van der Waals surface area (Å²) in [6.07, 6.45) is 1.28. The molecule has 0 aliphatic heterocycles. The number of hydrogen-bond donors (Lipinski definition) is 7. The summed E-state index contributed by atoms with van der Waals surface area (Å²) in [6.45, 7) is 1.65. The molecule has 0 radical (unpaired) electrons. The third-order valence-electron chi connectivity index (χ3n) is 12.5. The average molecular weight is 1030 g/mol. The fraction of sp³-hybridized carbons (Fsp3) is 0.113. The molecule has 2 unspecified atom stereocenters. The fourth-order valence-electron chi connectivity index (χ4n) is 8.37. The molecule has 77 heavy (non-hydrogen) atoms. The van der Waals surface area contributed by atoms with Gasteiger partial charge < -0.3 is 36.8 Å². The number of nitrogens with one attached hydrogen (secondary N) is 5. The number of aliphatic hydroxyl groups is 2. The van der Waals surface area contributed by atoms with Crippen molar-refractivity contribution < 1.29 is 39.1 Å². The zero-order valence-electron chi connectivity index (χ0n) is 41.8. The topological polar surface area (TPSA) is 229 Å². The monoisotopic (exact) mass is 1030 g/mol. The Kier molecular flexibility index (Phi) is 17.6. The van der Waals surface area contributed by atoms with Crippen LogP contribution < -0.4 is 26.6 Å². The van der Waals surface area contributed by atoms with E-state index in [4.69, 9.17) is 0 Å². The largest absolute Gasteiger partial charge is 0.384 e. The number of carbonyl (C=O) groups excluding carboxylic acids is 5. The Labute approximate surface area is 444 Å². The van der Waals surface area contributed by atoms with E-state index in [0.29, 0.717) is 62.6 Å². The molecule has 386 valence electrons. The van der Waals surface area contributed by atoms with Crippen LogP contribution in [-0.4, -0.2) is 51.2 Å². The van der Waals surface area contributed by atoms with E-state index in [9.17, 15) is 44.3 Å². The lowest BCUT2D eigenvalue weighted by Gasteiger charge is -2.19. The molecular formula is C62H54N6O9. The number of benzene rings is 8. The van der Waals surface area contributed by atoms with Crippen molar-refractivity contribution in [3.63, 3.8) is 0 Å². The molecule has 5 amide bonds. The SMILES string of the molecule is Cc1ccc(CC(=O)Nc2ccc(NC(=O)CNC(=O)c3ccc(Cc4ccc(CC(=O)Nc5ccc(NC(=O)/C=C/c6ccc([N+](=O)[O-])cc6)cc5C(O)c5ccccc5)cc4)cc3)cc2C(O)c2ccccc2)cc1. The van der Waals surface area contributed by atoms with Gasteiger partial charge in [-0.1, -0.05) is 127 Å². The van der Waals surface area contributed by atoms with Crippen molar-refractivity contribution in [2.24, 2.45) is 0 Å². The summed E-state index contributed by atoms with van der Waals surface area (Å²) in [4.78, 5) is 76.1. The highest BCUT2D eigenvalue weighted by Crippen LogP contribution is 2.33. The molecule has 0 saturated carbocycles. The Morgan fingerprint density at radius 2 is 1.00 bits per heavy atom. The van der Waals surface area contributed by atoms with Crippen molar-refractivity contribution in [2.45, 2.75) is 38.4 Å². The zero-order chi connectivity index (χ0) is 54.3. The highest BCUT2D eigenvalue weighted by atomic mass is 16.6. The summed E-state index contributed by atoms with van der Waals surface area (Å²) in [7, 11) is 0. The normalized spacial score (nSPS) is 11.7. The van der Waals surface area contributed by atoms with E-state index in [1.165, 1.54) is 36.4 Å². The van der Waals surface area contributed by atoms with Crippen molar-refractivity contribution in [3.8, 4) is 0 Å². The maximum atomic E-state index is 13.4. The number of amides is 5. The number of nitro benzene ring substituents is 1. The highest BCUT2D eigenvalue weighted by Gasteiger charge is 2.20. The first-order chi connectivity index (χ1) is 37.2. The average Bonchev–Trinajstić information content (AvgIpc) is 3.44. The summed E-state index contributed by atoms with van der Waals surface area (Å²) in [5.74, 6) is -2.01. The number of anilines is 4. The van der Waals surface area contributed by atoms with Crippen molar-refractivity contribution in [2.75, 3.05) is 27.8 Å². The Balaban J connectivity index is 0.832. The molecular weight excluding hydrogens is 973 g/mol. The molecule has 0 heterocycles. The van der Waals surface area contributed by atoms with E-state index < -0.39 is 34.9 Å². The lowest BCUT2D eigenvalue weighted by molar-refractivity contribution is -0.384. The maximum absolute atomic E-state index is 13.4. The van der Waals surface area contributed by atoms with Crippen LogP contribution in [-0.2, 0) is 38.4 Å². The van der Waals surface area contributed by atoms with E-state index in [-0.39, 0.29) is 36.9 Å². The van der Waals surface area contributed by atoms with Crippen LogP contribution in [0.15, 0.2) is 200 Å². The van der Waals surface area contributed by atoms with Gasteiger partial charge in [-0.3, -0.25) is 34.1 Å². The Bertz CT molecular complexity index is 3420. The van der Waals surface area contributed by atoms with E-state index >= 15 is 0 Å². The second-order valence-electron chi connectivity index (χ2n) is 18.3. The summed E-state index contributed by atoms with van der Waals surface area (Å²) in [5, 5.41) is 47.9. The number of rotatable bonds is 20. The van der Waals surface area contributed by atoms with Gasteiger partial charge in [0.15, 0.2) is 0 Å². The number of nitro groups is 1. The van der Waals surface area contributed by atoms with Crippen LogP contribution in [0.1, 0.15) is 78.2 Å². The van der Waals surface area contributed by atoms with Crippen LogP contribution >= 0.6 is 0 Å². The van der Waals surface area contributed by atoms with Gasteiger partial charge in [-0.25, -0.2) is 0 Å². The van der Waals surface area contributed by atoms with Gasteiger partial charge in [0.25, 0.3) is 11.6 Å². The van der Waals surface area contributed by atoms with E-state index in [2.05, 4.69) is 26.6 Å². The van der Waals surface area contributed by atoms with E-state index in [1.54, 1.807) is 97.1 Å². The molecule has 8 rings (SSSR count). The number of carbonyl (C=O) groups is 5. The van der Waals surface area contributed by atoms with Gasteiger partial charge >= 0.3 is 0 Å². The molecule has 0 aromatic heterocycles. The van der Waals surface area contributed by atoms with Crippen LogP contribution in [0.4, 0.5) is 28.4 Å². The van der Waals surface area contributed by atoms with E-state index in [0.717, 1.165) is 27.8 Å². The van der Waals surface area contributed by atoms with Crippen molar-refractivity contribution in [1.82, 2.24) is 5.32 Å². The quantitative estimate of drug-likeness (QED) is 0.0219. The molecule has 7 N–H and O–H groups in total. The van der Waals surface area contributed by atoms with Crippen molar-refractivity contribution in [3.05, 3.63) is 272 Å². The zero-order valence-corrected chi connectivity index (χ0v) is 41.8. The summed E-state index contributed by atoms with van der Waals surface area (Å²) >= 11 is 0. The molecule has 0 aliphatic carbocycles. The molecule has 8 aromatic rings. The smallest absolute Gasteiger partial charge is 0.269 e. The molecule has 15 heteroatoms. The lowest BCUT2D eigenvalue weighted by Crippen LogP contribution is -2.32. The van der Waals surface area contributed by atoms with E-state index in [1.807, 2.05) is 79.7 Å². The Morgan fingerprint density at radius 3 is 1.51 bits per heavy atom. The minimum Gasteiger partial charge on any atom is -0.384 e. The van der Waals surface area contributed by atoms with Gasteiger partial charge in [-0.2, -0.15) is 0 Å². The van der Waals surface area contributed by atoms with Crippen LogP contribution in [0.25, 0.3) is 6.08 Å². The van der Waals surface area contributed by atoms with Gasteiger partial charge in [0, 0.05) is 57.6 Å². The van der Waals surface area contributed by atoms with Crippen LogP contribution in [0.5, 0.6) is 0 Å². The molecule has 0 aliphatic rings. The van der Waals surface area contributed by atoms with Gasteiger partial charge in [0.2, 0.25) is 23.6 Å². The van der Waals surface area contributed by atoms with Gasteiger partial charge in [-0.05, 0) is 119 Å². The second-order valence-corrected chi connectivity index (χ2v) is 18.3. The first-order valence-electron chi connectivity index (χ1n) is 24.6. The van der Waals surface area contributed by atoms with Crippen LogP contribution in [0, 0.1) is 17.0 Å². The number of aliphatic hydroxyl groups excluding tert-OH is 2. The number of nitrogens with zero attached hydrogens (tertiary/aromatic N) is 1. The van der Waals surface area contributed by atoms with Crippen LogP contribution in [0.3, 0.4) is 0 Å². The molecule has 15 nitrogen and oxygen atoms in total. The van der Waals surface area contributed by atoms with Gasteiger partial charge in [0.05, 0.1) is 24.3 Å². The number of aryl methyl sites for hydroxylation is 1. The first-order valence-corrected chi connectivity index (χ1v) is 24.6. The number of non-ortho nitro benzene ring substituents is 1. The van der Waals surface area contributed by atoms with Gasteiger partial charge in [-0.15, -0.1) is 0 Å². The predicted molar refractivity (Wildman–Crippen MR) is 297 cm³/mol. The molecule has 8 aromatic carbocycles. The molecule has 2 atom stereocenters. The summed E-state index contributed by atoms with van der Waals surface area (Å²) < 4.78 is 0. The minimum absolute atomic E-state index is 0.0363. The standard InChI is InChI=1S/C62H54N6O9/c1-40-12-14-44(15-13-40)35-57(70)66-55-32-28-50(38-53(55)61(74)47-10-6-3-7-11-47)65-59(72)39-63-62(75)48-25-20-43(21-26-48)34-42-16-18-45(19-17-42)36-58(71)67-54-31-27-49(37-52(54)60(73)46-8-4-2-5-9-46)64-56(69)33-24-41-22-29-51(30-23-41)68(76)77/h2-33,37-38,60-61,73-74H,34-36,39H2,1H3,(H,63,75)(H,64,69)(H,65,72)(H,66,70)(H,67,71)/b33-24+. The predicted octanol–water partition coefficient (Wildman–Crippen LogP) is 10.0. The first kappa shape index (κ1) is 53.5. The lowest BCUT2D eigenvalue weighted by atomic mass is 9.98. The Hall–Kier alpha value is -9.83. The summed E-state index contributed by atoms with van der Waals surface area (Å²) in [6, 6.07) is 55.5. The Morgan fingerprint density at radius 1 is 0.532 bits per heavy atom. The number of hydrogen-bond acceptors (Lipinski definition) is 9. The molecule has 0 bridgehead atoms. The third kappa shape index (κ3) is 15.1. The highest BCUT2D eigenvalue weighted by molar-refractivity contribution is 6.03. The fourth-order valence-corrected chi connectivity index (χ4v) is 8.37.